The Labute approximate surface area is 393 Å². The number of fused-ring (bicyclic) bond motifs is 8. The summed E-state index contributed by atoms with van der Waals surface area (Å²) in [7, 11) is 1.89. The molecule has 2 fully saturated rings. The maximum atomic E-state index is 13.8. The fourth-order valence-corrected chi connectivity index (χ4v) is 9.41. The van der Waals surface area contributed by atoms with Gasteiger partial charge in [0.15, 0.2) is 6.23 Å². The second-order valence-corrected chi connectivity index (χ2v) is 17.9. The Hall–Kier alpha value is -6.85. The lowest BCUT2D eigenvalue weighted by Crippen LogP contribution is -2.54. The SMILES string of the molecule is Cc1cc2cc(n1)C1C=NN(C)C1OCCC[C@@H](C)CN1/C(=N/C2=O)Nc2ccc(CN3CCN(C(=O)COCCOCC#Cc4cccc5c4C(=O)N(C4CCC(=O)NC4=O)C5=O)CC3)cc21. The van der Waals surface area contributed by atoms with Gasteiger partial charge in [-0.25, -0.2) is 0 Å². The first kappa shape index (κ1) is 46.3. The molecule has 4 atom stereocenters. The highest BCUT2D eigenvalue weighted by Gasteiger charge is 2.45. The molecule has 3 unspecified atom stereocenters. The van der Waals surface area contributed by atoms with Crippen molar-refractivity contribution in [3.05, 3.63) is 87.7 Å². The van der Waals surface area contributed by atoms with Gasteiger partial charge in [-0.15, -0.1) is 0 Å². The molecule has 7 heterocycles. The number of pyridine rings is 1. The van der Waals surface area contributed by atoms with Crippen molar-refractivity contribution in [1.82, 2.24) is 30.0 Å². The van der Waals surface area contributed by atoms with Gasteiger partial charge in [-0.05, 0) is 74.1 Å². The van der Waals surface area contributed by atoms with Gasteiger partial charge in [-0.3, -0.25) is 53.9 Å². The van der Waals surface area contributed by atoms with Gasteiger partial charge in [-0.1, -0.05) is 30.9 Å². The van der Waals surface area contributed by atoms with Crippen LogP contribution in [-0.2, 0) is 35.1 Å². The predicted octanol–water partition coefficient (Wildman–Crippen LogP) is 2.74. The molecule has 354 valence electrons. The highest BCUT2D eigenvalue weighted by molar-refractivity contribution is 6.24. The summed E-state index contributed by atoms with van der Waals surface area (Å²) in [6.07, 6.45) is 3.42. The summed E-state index contributed by atoms with van der Waals surface area (Å²) in [6, 6.07) is 13.6. The number of hydrogen-bond acceptors (Lipinski definition) is 15. The Balaban J connectivity index is 0.737. The standard InChI is InChI=1S/C49H54N10O9/c1-30-7-5-20-68-48-36(26-50-55(48)3)38-25-34(23-31(2)51-38)44(62)54-49-52-37-12-11-32(24-40(37)58(49)27-30)28-56-15-17-57(18-16-56)42(61)29-67-22-21-66-19-6-9-33-8-4-10-35-43(33)47(65)59(46(35)64)39-13-14-41(60)53-45(39)63/h4,8,10-12,23-26,30,36,39,48H,5,7,13-22,27-29H2,1-3H3,(H,52,54,62)(H,53,60,63)/t30-,36?,39?,48?/m1/s1. The number of amides is 6. The molecule has 19 nitrogen and oxygen atoms in total. The third kappa shape index (κ3) is 9.90. The number of nitrogens with one attached hydrogen (secondary N) is 2. The molecule has 6 amide bonds. The van der Waals surface area contributed by atoms with Crippen molar-refractivity contribution in [3.8, 4) is 11.8 Å². The van der Waals surface area contributed by atoms with E-state index in [0.29, 0.717) is 63.0 Å². The predicted molar refractivity (Wildman–Crippen MR) is 249 cm³/mol. The zero-order chi connectivity index (χ0) is 47.5. The second-order valence-electron chi connectivity index (χ2n) is 17.9. The number of carbonyl (C=O) groups is 6. The average molecular weight is 927 g/mol. The smallest absolute Gasteiger partial charge is 0.280 e. The molecule has 19 heteroatoms. The number of piperidine rings is 1. The number of hydrogen-bond donors (Lipinski definition) is 2. The minimum Gasteiger partial charge on any atom is -0.369 e. The zero-order valence-electron chi connectivity index (χ0n) is 38.4. The van der Waals surface area contributed by atoms with Gasteiger partial charge in [0.1, 0.15) is 19.3 Å². The number of aliphatic imine (C=N–C) groups is 1. The Morgan fingerprint density at radius 1 is 0.956 bits per heavy atom. The molecule has 0 radical (unpaired) electrons. The van der Waals surface area contributed by atoms with Gasteiger partial charge in [-0.2, -0.15) is 10.1 Å². The number of nitrogens with zero attached hydrogens (tertiary/aromatic N) is 8. The summed E-state index contributed by atoms with van der Waals surface area (Å²) in [5.41, 5.74) is 5.48. The number of aryl methyl sites for hydroxylation is 1. The molecular formula is C49H54N10O9. The maximum Gasteiger partial charge on any atom is 0.280 e. The Kier molecular flexibility index (Phi) is 13.7. The Morgan fingerprint density at radius 3 is 2.60 bits per heavy atom. The number of aromatic nitrogens is 1. The van der Waals surface area contributed by atoms with Crippen molar-refractivity contribution < 1.29 is 43.0 Å². The van der Waals surface area contributed by atoms with Crippen LogP contribution in [0.15, 0.2) is 58.6 Å². The second kappa shape index (κ2) is 20.2. The number of carbonyl (C=O) groups excluding carboxylic acids is 6. The van der Waals surface area contributed by atoms with Crippen molar-refractivity contribution >= 4 is 59.0 Å². The van der Waals surface area contributed by atoms with Crippen molar-refractivity contribution in [3.63, 3.8) is 0 Å². The molecule has 2 N–H and O–H groups in total. The van der Waals surface area contributed by atoms with Crippen LogP contribution in [0.5, 0.6) is 0 Å². The van der Waals surface area contributed by atoms with Gasteiger partial charge < -0.3 is 29.3 Å². The van der Waals surface area contributed by atoms with E-state index in [4.69, 9.17) is 19.2 Å². The minimum atomic E-state index is -1.06. The lowest BCUT2D eigenvalue weighted by molar-refractivity contribution is -0.138. The maximum absolute atomic E-state index is 13.8. The molecule has 2 saturated heterocycles. The summed E-state index contributed by atoms with van der Waals surface area (Å²) >= 11 is 0. The molecular weight excluding hydrogens is 873 g/mol. The van der Waals surface area contributed by atoms with Crippen LogP contribution in [0, 0.1) is 24.7 Å². The first-order valence-corrected chi connectivity index (χ1v) is 23.1. The van der Waals surface area contributed by atoms with Crippen LogP contribution < -0.4 is 15.5 Å². The van der Waals surface area contributed by atoms with Crippen LogP contribution in [0.25, 0.3) is 0 Å². The van der Waals surface area contributed by atoms with E-state index >= 15 is 0 Å². The molecule has 6 aliphatic heterocycles. The van der Waals surface area contributed by atoms with E-state index in [-0.39, 0.29) is 80.3 Å². The molecule has 1 aromatic heterocycles. The van der Waals surface area contributed by atoms with Gasteiger partial charge in [0.2, 0.25) is 23.7 Å². The molecule has 3 aromatic rings. The summed E-state index contributed by atoms with van der Waals surface area (Å²) in [5.74, 6) is 3.53. The number of ether oxygens (including phenoxy) is 3. The van der Waals surface area contributed by atoms with E-state index in [1.54, 1.807) is 24.3 Å². The quantitative estimate of drug-likeness (QED) is 0.180. The molecule has 6 aliphatic rings. The van der Waals surface area contributed by atoms with E-state index in [9.17, 15) is 28.8 Å². The van der Waals surface area contributed by atoms with E-state index in [0.717, 1.165) is 46.1 Å². The van der Waals surface area contributed by atoms with Gasteiger partial charge in [0, 0.05) is 82.4 Å². The lowest BCUT2D eigenvalue weighted by Gasteiger charge is -2.34. The molecule has 9 rings (SSSR count). The number of likely N-dealkylation sites (N-methyl/N-ethyl adjacent to an activating group) is 1. The number of imide groups is 2. The number of guanidine groups is 1. The van der Waals surface area contributed by atoms with E-state index in [1.807, 2.05) is 36.2 Å². The number of piperazine rings is 1. The zero-order valence-corrected chi connectivity index (χ0v) is 38.4. The van der Waals surface area contributed by atoms with Crippen molar-refractivity contribution in [1.29, 1.82) is 0 Å². The van der Waals surface area contributed by atoms with Crippen molar-refractivity contribution in [2.75, 3.05) is 83.0 Å². The Morgan fingerprint density at radius 2 is 1.78 bits per heavy atom. The lowest BCUT2D eigenvalue weighted by atomic mass is 10.0. The summed E-state index contributed by atoms with van der Waals surface area (Å²) in [4.78, 5) is 93.8. The number of benzene rings is 2. The normalized spacial score (nSPS) is 23.6. The third-order valence-electron chi connectivity index (χ3n) is 12.9. The van der Waals surface area contributed by atoms with Gasteiger partial charge >= 0.3 is 0 Å². The van der Waals surface area contributed by atoms with Gasteiger partial charge in [0.05, 0.1) is 47.3 Å². The molecule has 0 spiro atoms. The first-order valence-electron chi connectivity index (χ1n) is 23.1. The highest BCUT2D eigenvalue weighted by Crippen LogP contribution is 2.36. The van der Waals surface area contributed by atoms with Crippen LogP contribution in [0.1, 0.15) is 92.1 Å². The van der Waals surface area contributed by atoms with Crippen LogP contribution >= 0.6 is 0 Å². The monoisotopic (exact) mass is 926 g/mol. The molecule has 2 aromatic carbocycles. The van der Waals surface area contributed by atoms with Crippen LogP contribution in [-0.4, -0.2) is 157 Å². The highest BCUT2D eigenvalue weighted by atomic mass is 16.5. The fraction of sp³-hybridized carbons (Fsp3) is 0.449. The summed E-state index contributed by atoms with van der Waals surface area (Å²) in [6.45, 7) is 8.85. The first-order chi connectivity index (χ1) is 32.9. The average Bonchev–Trinajstić information content (AvgIpc) is 3.94. The Bertz CT molecular complexity index is 2650. The van der Waals surface area contributed by atoms with Crippen molar-refractivity contribution in [2.24, 2.45) is 16.0 Å². The van der Waals surface area contributed by atoms with Crippen LogP contribution in [0.3, 0.4) is 0 Å². The number of rotatable bonds is 9. The van der Waals surface area contributed by atoms with E-state index in [2.05, 4.69) is 61.4 Å². The summed E-state index contributed by atoms with van der Waals surface area (Å²) < 4.78 is 17.6. The summed E-state index contributed by atoms with van der Waals surface area (Å²) in [5, 5.41) is 11.9. The molecule has 68 heavy (non-hydrogen) atoms. The molecule has 0 aliphatic carbocycles. The van der Waals surface area contributed by atoms with Crippen LogP contribution in [0.4, 0.5) is 11.4 Å². The fourth-order valence-electron chi connectivity index (χ4n) is 9.41. The van der Waals surface area contributed by atoms with E-state index in [1.165, 1.54) is 6.07 Å². The van der Waals surface area contributed by atoms with Crippen molar-refractivity contribution in [2.45, 2.75) is 64.3 Å². The number of hydrazone groups is 1. The topological polar surface area (TPSA) is 208 Å². The molecule has 2 bridgehead atoms. The minimum absolute atomic E-state index is 0.0204. The largest absolute Gasteiger partial charge is 0.369 e. The molecule has 0 saturated carbocycles. The van der Waals surface area contributed by atoms with E-state index < -0.39 is 29.7 Å². The third-order valence-corrected chi connectivity index (χ3v) is 12.9. The van der Waals surface area contributed by atoms with Gasteiger partial charge in [0.25, 0.3) is 17.7 Å². The van der Waals surface area contributed by atoms with Crippen LogP contribution in [0.2, 0.25) is 0 Å². The number of anilines is 2.